The number of hydrogen-bond donors (Lipinski definition) is 5. The smallest absolute Gasteiger partial charge is 0.119 e. The Kier molecular flexibility index (Phi) is 4.42. The van der Waals surface area contributed by atoms with Gasteiger partial charge in [-0.2, -0.15) is 0 Å². The van der Waals surface area contributed by atoms with Gasteiger partial charge in [0.25, 0.3) is 0 Å². The third kappa shape index (κ3) is 4.94. The van der Waals surface area contributed by atoms with Crippen molar-refractivity contribution in [1.29, 1.82) is 0 Å². The van der Waals surface area contributed by atoms with Crippen LogP contribution < -0.4 is 0 Å². The molecule has 0 aliphatic heterocycles. The van der Waals surface area contributed by atoms with Gasteiger partial charge >= 0.3 is 0 Å². The van der Waals surface area contributed by atoms with Crippen molar-refractivity contribution in [3.63, 3.8) is 0 Å². The minimum absolute atomic E-state index is 0.0162. The van der Waals surface area contributed by atoms with Gasteiger partial charge in [0.05, 0.1) is 11.9 Å². The van der Waals surface area contributed by atoms with E-state index in [1.807, 2.05) is 0 Å². The van der Waals surface area contributed by atoms with Gasteiger partial charge in [-0.15, -0.1) is 0 Å². The summed E-state index contributed by atoms with van der Waals surface area (Å²) in [5.41, 5.74) is 0. The maximum atomic E-state index is 8.81. The van der Waals surface area contributed by atoms with Crippen LogP contribution in [-0.4, -0.2) is 31.6 Å². The van der Waals surface area contributed by atoms with Gasteiger partial charge < -0.3 is 25.5 Å². The molecule has 5 heteroatoms. The molecule has 0 amide bonds. The minimum Gasteiger partial charge on any atom is -0.512 e. The molecule has 1 aliphatic carbocycles. The number of aliphatic hydroxyl groups is 3. The summed E-state index contributed by atoms with van der Waals surface area (Å²) in [7, 11) is 0. The molecule has 5 N–H and O–H groups in total. The molecule has 1 aromatic rings. The zero-order chi connectivity index (χ0) is 12.8. The zero-order valence-corrected chi connectivity index (χ0v) is 8.98. The molecule has 0 fully saturated rings. The maximum Gasteiger partial charge on any atom is 0.119 e. The number of phenols is 2. The van der Waals surface area contributed by atoms with Crippen molar-refractivity contribution in [2.24, 2.45) is 0 Å². The van der Waals surface area contributed by atoms with E-state index in [1.54, 1.807) is 6.07 Å². The lowest BCUT2D eigenvalue weighted by atomic mass is 10.1. The Hall–Kier alpha value is -2.14. The molecular weight excluding hydrogens is 224 g/mol. The number of rotatable bonds is 0. The van der Waals surface area contributed by atoms with E-state index in [9.17, 15) is 0 Å². The van der Waals surface area contributed by atoms with Crippen LogP contribution in [0.5, 0.6) is 11.5 Å². The second kappa shape index (κ2) is 5.81. The standard InChI is InChI=1S/C6H8O3.C6H6O2/c7-4-1-5(8)3-6(9)2-4;7-5-2-1-3-6(8)4-5/h1-2,5,7-9H,3H2;1-4,7-8H. The average Bonchev–Trinajstić information content (AvgIpc) is 2.15. The fraction of sp³-hybridized carbons (Fsp3) is 0.167. The van der Waals surface area contributed by atoms with Crippen molar-refractivity contribution in [2.75, 3.05) is 0 Å². The van der Waals surface area contributed by atoms with Gasteiger partial charge in [0.2, 0.25) is 0 Å². The summed E-state index contributed by atoms with van der Waals surface area (Å²) in [6, 6.07) is 5.85. The topological polar surface area (TPSA) is 101 Å². The van der Waals surface area contributed by atoms with Gasteiger partial charge in [-0.3, -0.25) is 0 Å². The highest BCUT2D eigenvalue weighted by atomic mass is 16.3. The monoisotopic (exact) mass is 238 g/mol. The van der Waals surface area contributed by atoms with Gasteiger partial charge in [-0.05, 0) is 18.2 Å². The molecule has 1 unspecified atom stereocenters. The van der Waals surface area contributed by atoms with Gasteiger partial charge in [-0.25, -0.2) is 0 Å². The number of benzene rings is 1. The Morgan fingerprint density at radius 3 is 1.94 bits per heavy atom. The van der Waals surface area contributed by atoms with Crippen LogP contribution in [-0.2, 0) is 0 Å². The SMILES string of the molecule is OC1=CC(O)CC(O)=C1.Oc1cccc(O)c1. The molecule has 0 bridgehead atoms. The average molecular weight is 238 g/mol. The summed E-state index contributed by atoms with van der Waals surface area (Å²) >= 11 is 0. The first-order valence-electron chi connectivity index (χ1n) is 4.94. The lowest BCUT2D eigenvalue weighted by Crippen LogP contribution is -2.08. The van der Waals surface area contributed by atoms with E-state index in [0.29, 0.717) is 0 Å². The first-order chi connectivity index (χ1) is 7.97. The quantitative estimate of drug-likeness (QED) is 0.474. The first-order valence-corrected chi connectivity index (χ1v) is 4.94. The maximum absolute atomic E-state index is 8.81. The summed E-state index contributed by atoms with van der Waals surface area (Å²) < 4.78 is 0. The largest absolute Gasteiger partial charge is 0.512 e. The molecule has 0 heterocycles. The number of aromatic hydroxyl groups is 2. The molecule has 0 saturated carbocycles. The highest BCUT2D eigenvalue weighted by molar-refractivity contribution is 5.30. The molecule has 0 radical (unpaired) electrons. The molecule has 1 aliphatic rings. The Morgan fingerprint density at radius 1 is 1.00 bits per heavy atom. The molecule has 5 nitrogen and oxygen atoms in total. The Morgan fingerprint density at radius 2 is 1.59 bits per heavy atom. The second-order valence-corrected chi connectivity index (χ2v) is 3.52. The molecule has 17 heavy (non-hydrogen) atoms. The normalized spacial score (nSPS) is 18.5. The summed E-state index contributed by atoms with van der Waals surface area (Å²) in [6.45, 7) is 0. The summed E-state index contributed by atoms with van der Waals surface area (Å²) in [5.74, 6) is 0.115. The Labute approximate surface area is 98.2 Å². The van der Waals surface area contributed by atoms with Gasteiger partial charge in [-0.1, -0.05) is 6.07 Å². The van der Waals surface area contributed by atoms with E-state index >= 15 is 0 Å². The van der Waals surface area contributed by atoms with Gasteiger partial charge in [0.15, 0.2) is 0 Å². The summed E-state index contributed by atoms with van der Waals surface area (Å²) in [5, 5.41) is 43.6. The van der Waals surface area contributed by atoms with E-state index in [-0.39, 0.29) is 29.4 Å². The van der Waals surface area contributed by atoms with Crippen molar-refractivity contribution in [3.8, 4) is 11.5 Å². The van der Waals surface area contributed by atoms with Crippen molar-refractivity contribution in [3.05, 3.63) is 47.9 Å². The van der Waals surface area contributed by atoms with Crippen molar-refractivity contribution >= 4 is 0 Å². The summed E-state index contributed by atoms with van der Waals surface area (Å²) in [6.07, 6.45) is 1.95. The lowest BCUT2D eigenvalue weighted by Gasteiger charge is -2.09. The van der Waals surface area contributed by atoms with Crippen LogP contribution in [0.1, 0.15) is 6.42 Å². The lowest BCUT2D eigenvalue weighted by molar-refractivity contribution is 0.192. The highest BCUT2D eigenvalue weighted by Gasteiger charge is 2.10. The molecule has 1 atom stereocenters. The molecule has 1 aromatic carbocycles. The molecule has 0 aromatic heterocycles. The number of phenolic OH excluding ortho intramolecular Hbond substituents is 2. The van der Waals surface area contributed by atoms with E-state index in [2.05, 4.69) is 0 Å². The predicted octanol–water partition coefficient (Wildman–Crippen LogP) is 1.73. The van der Waals surface area contributed by atoms with Crippen molar-refractivity contribution in [2.45, 2.75) is 12.5 Å². The Balaban J connectivity index is 0.000000171. The molecule has 92 valence electrons. The van der Waals surface area contributed by atoms with Crippen LogP contribution in [0.2, 0.25) is 0 Å². The minimum atomic E-state index is -0.741. The number of aliphatic hydroxyl groups excluding tert-OH is 3. The van der Waals surface area contributed by atoms with Crippen LogP contribution >= 0.6 is 0 Å². The van der Waals surface area contributed by atoms with Crippen LogP contribution in [0.4, 0.5) is 0 Å². The molecular formula is C12H14O5. The van der Waals surface area contributed by atoms with Crippen molar-refractivity contribution < 1.29 is 25.5 Å². The van der Waals surface area contributed by atoms with Crippen LogP contribution in [0.3, 0.4) is 0 Å². The third-order valence-electron chi connectivity index (χ3n) is 1.93. The van der Waals surface area contributed by atoms with Crippen LogP contribution in [0, 0.1) is 0 Å². The fourth-order valence-corrected chi connectivity index (χ4v) is 1.24. The van der Waals surface area contributed by atoms with E-state index in [0.717, 1.165) is 0 Å². The molecule has 2 rings (SSSR count). The first kappa shape index (κ1) is 12.9. The second-order valence-electron chi connectivity index (χ2n) is 3.52. The zero-order valence-electron chi connectivity index (χ0n) is 8.98. The van der Waals surface area contributed by atoms with Crippen molar-refractivity contribution in [1.82, 2.24) is 0 Å². The third-order valence-corrected chi connectivity index (χ3v) is 1.93. The Bertz CT molecular complexity index is 419. The van der Waals surface area contributed by atoms with Crippen LogP contribution in [0.15, 0.2) is 47.9 Å². The van der Waals surface area contributed by atoms with E-state index in [1.165, 1.54) is 30.4 Å². The molecule has 0 saturated heterocycles. The highest BCUT2D eigenvalue weighted by Crippen LogP contribution is 2.15. The number of allylic oxidation sites excluding steroid dienone is 1. The fourth-order valence-electron chi connectivity index (χ4n) is 1.24. The van der Waals surface area contributed by atoms with Gasteiger partial charge in [0.1, 0.15) is 17.3 Å². The number of hydrogen-bond acceptors (Lipinski definition) is 5. The van der Waals surface area contributed by atoms with E-state index < -0.39 is 6.10 Å². The predicted molar refractivity (Wildman–Crippen MR) is 61.8 cm³/mol. The molecule has 0 spiro atoms. The van der Waals surface area contributed by atoms with Gasteiger partial charge in [0, 0.05) is 18.6 Å². The summed E-state index contributed by atoms with van der Waals surface area (Å²) in [4.78, 5) is 0. The van der Waals surface area contributed by atoms with Crippen LogP contribution in [0.25, 0.3) is 0 Å². The van der Waals surface area contributed by atoms with E-state index in [4.69, 9.17) is 25.5 Å².